The van der Waals surface area contributed by atoms with Crippen LogP contribution < -0.4 is 15.3 Å². The van der Waals surface area contributed by atoms with Crippen LogP contribution in [-0.2, 0) is 21.4 Å². The number of ether oxygens (including phenoxy) is 3. The molecule has 1 fully saturated rings. The molecule has 3 aromatic rings. The van der Waals surface area contributed by atoms with Gasteiger partial charge < -0.3 is 23.7 Å². The lowest BCUT2D eigenvalue weighted by atomic mass is 9.84. The molecule has 0 atom stereocenters. The van der Waals surface area contributed by atoms with Crippen LogP contribution in [0.15, 0.2) is 36.7 Å². The third-order valence-corrected chi connectivity index (χ3v) is 6.26. The van der Waals surface area contributed by atoms with E-state index in [2.05, 4.69) is 25.7 Å². The monoisotopic (exact) mass is 480 g/mol. The summed E-state index contributed by atoms with van der Waals surface area (Å²) in [5.74, 6) is 0.177. The maximum absolute atomic E-state index is 13.5. The summed E-state index contributed by atoms with van der Waals surface area (Å²) in [5, 5.41) is 8.56. The number of morpholine rings is 1. The van der Waals surface area contributed by atoms with E-state index < -0.39 is 5.97 Å². The number of hydrogen-bond acceptors (Lipinski definition) is 7. The number of nitrogens with one attached hydrogen (secondary N) is 1. The highest BCUT2D eigenvalue weighted by Gasteiger charge is 2.27. The smallest absolute Gasteiger partial charge is 0.339 e. The van der Waals surface area contributed by atoms with Crippen molar-refractivity contribution in [1.82, 2.24) is 8.97 Å². The zero-order valence-electron chi connectivity index (χ0n) is 20.9. The van der Waals surface area contributed by atoms with Gasteiger partial charge in [-0.25, -0.2) is 4.79 Å². The van der Waals surface area contributed by atoms with Crippen molar-refractivity contribution in [1.29, 1.82) is 5.41 Å². The summed E-state index contributed by atoms with van der Waals surface area (Å²) < 4.78 is 19.3. The number of methoxy groups -OCH3 is 2. The Kier molecular flexibility index (Phi) is 6.71. The predicted octanol–water partition coefficient (Wildman–Crippen LogP) is 3.03. The Morgan fingerprint density at radius 1 is 1.06 bits per heavy atom. The van der Waals surface area contributed by atoms with Gasteiger partial charge in [0.15, 0.2) is 5.78 Å². The molecule has 1 aliphatic heterocycles. The Hall–Kier alpha value is -3.59. The number of nitrogens with zero attached hydrogens (tertiary/aromatic N) is 3. The quantitative estimate of drug-likeness (QED) is 0.430. The molecule has 0 radical (unpaired) electrons. The van der Waals surface area contributed by atoms with Crippen LogP contribution in [0.4, 0.5) is 5.69 Å². The van der Waals surface area contributed by atoms with Gasteiger partial charge in [0, 0.05) is 36.6 Å². The molecule has 1 aliphatic rings. The lowest BCUT2D eigenvalue weighted by molar-refractivity contribution is 0.0600. The van der Waals surface area contributed by atoms with E-state index in [0.29, 0.717) is 29.9 Å². The number of carbonyl (C=O) groups excluding carboxylic acids is 2. The molecule has 0 amide bonds. The van der Waals surface area contributed by atoms with E-state index in [1.807, 2.05) is 12.1 Å². The molecule has 9 nitrogen and oxygen atoms in total. The molecule has 1 aromatic carbocycles. The molecule has 1 saturated heterocycles. The van der Waals surface area contributed by atoms with Crippen molar-refractivity contribution in [3.63, 3.8) is 0 Å². The first-order valence-electron chi connectivity index (χ1n) is 11.6. The summed E-state index contributed by atoms with van der Waals surface area (Å²) in [4.78, 5) is 27.6. The maximum atomic E-state index is 13.5. The second-order valence-corrected chi connectivity index (χ2v) is 9.63. The third-order valence-electron chi connectivity index (χ3n) is 6.26. The molecule has 0 bridgehead atoms. The van der Waals surface area contributed by atoms with Crippen LogP contribution in [0.3, 0.4) is 0 Å². The van der Waals surface area contributed by atoms with Crippen molar-refractivity contribution < 1.29 is 23.8 Å². The lowest BCUT2D eigenvalue weighted by Crippen LogP contribution is -2.37. The minimum atomic E-state index is -0.480. The van der Waals surface area contributed by atoms with E-state index in [4.69, 9.17) is 19.6 Å². The molecule has 0 spiro atoms. The van der Waals surface area contributed by atoms with Gasteiger partial charge in [-0.15, -0.1) is 0 Å². The third kappa shape index (κ3) is 4.81. The Morgan fingerprint density at radius 3 is 2.40 bits per heavy atom. The van der Waals surface area contributed by atoms with Gasteiger partial charge in [0.1, 0.15) is 5.75 Å². The van der Waals surface area contributed by atoms with E-state index in [9.17, 15) is 9.59 Å². The van der Waals surface area contributed by atoms with Gasteiger partial charge in [0.2, 0.25) is 5.62 Å². The maximum Gasteiger partial charge on any atom is 0.339 e. The van der Waals surface area contributed by atoms with E-state index in [-0.39, 0.29) is 23.4 Å². The van der Waals surface area contributed by atoms with E-state index in [1.54, 1.807) is 40.6 Å². The Balaban J connectivity index is 1.73. The fourth-order valence-electron chi connectivity index (χ4n) is 4.35. The Bertz CT molecular complexity index is 1330. The van der Waals surface area contributed by atoms with Gasteiger partial charge in [-0.1, -0.05) is 20.8 Å². The molecule has 186 valence electrons. The first-order chi connectivity index (χ1) is 16.6. The molecular weight excluding hydrogens is 448 g/mol. The number of rotatable bonds is 6. The van der Waals surface area contributed by atoms with Gasteiger partial charge in [0.05, 0.1) is 50.7 Å². The average molecular weight is 481 g/mol. The van der Waals surface area contributed by atoms with Crippen LogP contribution in [0.5, 0.6) is 5.75 Å². The van der Waals surface area contributed by atoms with E-state index >= 15 is 0 Å². The van der Waals surface area contributed by atoms with Crippen LogP contribution in [0.2, 0.25) is 0 Å². The van der Waals surface area contributed by atoms with Gasteiger partial charge in [-0.2, -0.15) is 0 Å². The Morgan fingerprint density at radius 2 is 1.77 bits per heavy atom. The predicted molar refractivity (Wildman–Crippen MR) is 132 cm³/mol. The fraction of sp³-hybridized carbons (Fsp3) is 0.423. The largest absolute Gasteiger partial charge is 0.494 e. The normalized spacial score (nSPS) is 14.3. The molecule has 35 heavy (non-hydrogen) atoms. The van der Waals surface area contributed by atoms with Crippen LogP contribution in [0, 0.1) is 5.41 Å². The fourth-order valence-corrected chi connectivity index (χ4v) is 4.35. The number of ketones is 1. The number of Topliss-reactive ketones (excluding diaryl/α,β-unsaturated/α-hetero) is 1. The van der Waals surface area contributed by atoms with Crippen molar-refractivity contribution in [3.05, 3.63) is 59.0 Å². The number of anilines is 1. The van der Waals surface area contributed by atoms with Gasteiger partial charge >= 0.3 is 5.97 Å². The lowest BCUT2D eigenvalue weighted by Gasteiger charge is -2.33. The molecule has 0 saturated carbocycles. The topological polar surface area (TPSA) is 98.3 Å². The number of esters is 1. The summed E-state index contributed by atoms with van der Waals surface area (Å²) >= 11 is 0. The first-order valence-corrected chi connectivity index (χ1v) is 11.6. The minimum Gasteiger partial charge on any atom is -0.494 e. The number of aromatic nitrogens is 2. The number of benzene rings is 1. The molecule has 1 N–H and O–H groups in total. The number of hydrogen-bond donors (Lipinski definition) is 1. The van der Waals surface area contributed by atoms with Gasteiger partial charge in [0.25, 0.3) is 0 Å². The summed E-state index contributed by atoms with van der Waals surface area (Å²) in [6, 6.07) is 7.16. The molecule has 0 unspecified atom stereocenters. The summed E-state index contributed by atoms with van der Waals surface area (Å²) in [5.41, 5.74) is 3.29. The Labute approximate surface area is 204 Å². The SMILES string of the molecule is COC(=O)c1ccc2cn(CC(=O)c3cc(N4CCOCC4)c(OC)c(C(C)(C)C)c3)c(=N)n2c1. The van der Waals surface area contributed by atoms with Crippen LogP contribution in [0.25, 0.3) is 5.52 Å². The molecule has 0 aliphatic carbocycles. The second-order valence-electron chi connectivity index (χ2n) is 9.63. The summed E-state index contributed by atoms with van der Waals surface area (Å²) in [6.07, 6.45) is 3.28. The molecular formula is C26H32N4O5. The zero-order chi connectivity index (χ0) is 25.3. The first kappa shape index (κ1) is 24.5. The number of fused-ring (bicyclic) bond motifs is 1. The van der Waals surface area contributed by atoms with Crippen molar-refractivity contribution in [2.45, 2.75) is 32.7 Å². The number of carbonyl (C=O) groups is 2. The van der Waals surface area contributed by atoms with Crippen molar-refractivity contribution in [2.75, 3.05) is 45.4 Å². The summed E-state index contributed by atoms with van der Waals surface area (Å²) in [7, 11) is 2.97. The van der Waals surface area contributed by atoms with Crippen LogP contribution in [0.1, 0.15) is 47.1 Å². The van der Waals surface area contributed by atoms with Crippen molar-refractivity contribution >= 4 is 23.0 Å². The highest BCUT2D eigenvalue weighted by molar-refractivity contribution is 5.98. The zero-order valence-corrected chi connectivity index (χ0v) is 20.9. The minimum absolute atomic E-state index is 0.00741. The molecule has 3 heterocycles. The highest BCUT2D eigenvalue weighted by atomic mass is 16.5. The number of pyridine rings is 1. The average Bonchev–Trinajstić information content (AvgIpc) is 3.16. The second kappa shape index (κ2) is 9.58. The highest BCUT2D eigenvalue weighted by Crippen LogP contribution is 2.40. The molecule has 2 aromatic heterocycles. The van der Waals surface area contributed by atoms with Crippen molar-refractivity contribution in [3.8, 4) is 5.75 Å². The molecule has 9 heteroatoms. The van der Waals surface area contributed by atoms with Crippen LogP contribution >= 0.6 is 0 Å². The standard InChI is InChI=1S/C26H32N4O5/c1-26(2,3)20-12-18(13-21(23(20)33-4)28-8-10-35-11-9-28)22(31)16-29-15-19-7-6-17(24(32)34-5)14-30(19)25(29)27/h6-7,12-15,27H,8-11,16H2,1-5H3. The summed E-state index contributed by atoms with van der Waals surface area (Å²) in [6.45, 7) is 8.96. The van der Waals surface area contributed by atoms with Gasteiger partial charge in [-0.05, 0) is 29.7 Å². The van der Waals surface area contributed by atoms with Crippen molar-refractivity contribution in [2.24, 2.45) is 0 Å². The number of imidazole rings is 1. The molecule has 4 rings (SSSR count). The van der Waals surface area contributed by atoms with Gasteiger partial charge in [-0.3, -0.25) is 14.6 Å². The van der Waals surface area contributed by atoms with Crippen LogP contribution in [-0.4, -0.2) is 61.2 Å². The van der Waals surface area contributed by atoms with E-state index in [1.165, 1.54) is 7.11 Å². The van der Waals surface area contributed by atoms with E-state index in [0.717, 1.165) is 30.1 Å².